The van der Waals surface area contributed by atoms with Gasteiger partial charge in [-0.1, -0.05) is 12.1 Å². The monoisotopic (exact) mass is 294 g/mol. The highest BCUT2D eigenvalue weighted by molar-refractivity contribution is 5.82. The maximum absolute atomic E-state index is 11.8. The molecule has 1 aromatic carbocycles. The van der Waals surface area contributed by atoms with E-state index in [2.05, 4.69) is 16.0 Å². The third-order valence-corrected chi connectivity index (χ3v) is 3.08. The predicted molar refractivity (Wildman–Crippen MR) is 77.2 cm³/mol. The molecule has 0 aliphatic carbocycles. The number of para-hydroxylation sites is 2. The van der Waals surface area contributed by atoms with Crippen molar-refractivity contribution in [2.24, 2.45) is 0 Å². The summed E-state index contributed by atoms with van der Waals surface area (Å²) in [6.07, 6.45) is 0. The first kappa shape index (κ1) is 15.2. The second-order valence-electron chi connectivity index (χ2n) is 4.57. The lowest BCUT2D eigenvalue weighted by molar-refractivity contribution is -0.384. The predicted octanol–water partition coefficient (Wildman–Crippen LogP) is 0.111. The van der Waals surface area contributed by atoms with Gasteiger partial charge in [-0.25, -0.2) is 0 Å². The summed E-state index contributed by atoms with van der Waals surface area (Å²) in [4.78, 5) is 22.2. The van der Waals surface area contributed by atoms with E-state index >= 15 is 0 Å². The van der Waals surface area contributed by atoms with Crippen molar-refractivity contribution < 1.29 is 14.5 Å². The highest BCUT2D eigenvalue weighted by atomic mass is 16.6. The molecule has 8 nitrogen and oxygen atoms in total. The fraction of sp³-hybridized carbons (Fsp3) is 0.462. The van der Waals surface area contributed by atoms with E-state index in [0.717, 1.165) is 0 Å². The Balaban J connectivity index is 1.74. The molecule has 0 aromatic heterocycles. The highest BCUT2D eigenvalue weighted by Gasteiger charge is 2.20. The van der Waals surface area contributed by atoms with Crippen LogP contribution in [0.5, 0.6) is 0 Å². The van der Waals surface area contributed by atoms with E-state index in [1.807, 2.05) is 0 Å². The molecule has 1 heterocycles. The van der Waals surface area contributed by atoms with Crippen LogP contribution in [0.25, 0.3) is 0 Å². The van der Waals surface area contributed by atoms with E-state index in [4.69, 9.17) is 4.74 Å². The van der Waals surface area contributed by atoms with E-state index in [-0.39, 0.29) is 17.6 Å². The molecular weight excluding hydrogens is 276 g/mol. The number of carbonyl (C=O) groups is 1. The van der Waals surface area contributed by atoms with Gasteiger partial charge in [0.25, 0.3) is 5.69 Å². The van der Waals surface area contributed by atoms with Crippen molar-refractivity contribution in [3.05, 3.63) is 34.4 Å². The van der Waals surface area contributed by atoms with Gasteiger partial charge in [0, 0.05) is 25.7 Å². The Labute approximate surface area is 122 Å². The molecule has 1 aliphatic heterocycles. The standard InChI is InChI=1S/C13H18N4O4/c18-13(11-9-21-8-7-15-11)16-6-5-14-10-3-1-2-4-12(10)17(19)20/h1-4,11,14-15H,5-9H2,(H,16,18). The third-order valence-electron chi connectivity index (χ3n) is 3.08. The molecule has 21 heavy (non-hydrogen) atoms. The molecule has 2 rings (SSSR count). The van der Waals surface area contributed by atoms with Crippen LogP contribution >= 0.6 is 0 Å². The number of rotatable bonds is 6. The van der Waals surface area contributed by atoms with Crippen LogP contribution in [-0.4, -0.2) is 49.7 Å². The van der Waals surface area contributed by atoms with Crippen molar-refractivity contribution in [2.45, 2.75) is 6.04 Å². The molecule has 1 amide bonds. The maximum atomic E-state index is 11.8. The first-order valence-electron chi connectivity index (χ1n) is 6.74. The van der Waals surface area contributed by atoms with Gasteiger partial charge in [-0.2, -0.15) is 0 Å². The van der Waals surface area contributed by atoms with Crippen LogP contribution < -0.4 is 16.0 Å². The van der Waals surface area contributed by atoms with Gasteiger partial charge in [-0.05, 0) is 6.07 Å². The highest BCUT2D eigenvalue weighted by Crippen LogP contribution is 2.22. The SMILES string of the molecule is O=C(NCCNc1ccccc1[N+](=O)[O-])C1COCCN1. The normalized spacial score (nSPS) is 18.0. The summed E-state index contributed by atoms with van der Waals surface area (Å²) in [5.41, 5.74) is 0.460. The van der Waals surface area contributed by atoms with Crippen LogP contribution in [0.3, 0.4) is 0 Å². The summed E-state index contributed by atoms with van der Waals surface area (Å²) in [5.74, 6) is -0.126. The van der Waals surface area contributed by atoms with Crippen LogP contribution in [0.4, 0.5) is 11.4 Å². The molecule has 1 fully saturated rings. The van der Waals surface area contributed by atoms with Crippen LogP contribution in [0.2, 0.25) is 0 Å². The molecule has 3 N–H and O–H groups in total. The average Bonchev–Trinajstić information content (AvgIpc) is 2.52. The summed E-state index contributed by atoms with van der Waals surface area (Å²) in [6, 6.07) is 6.07. The Kier molecular flexibility index (Phi) is 5.47. The minimum atomic E-state index is -0.440. The molecule has 1 unspecified atom stereocenters. The Morgan fingerprint density at radius 2 is 2.24 bits per heavy atom. The van der Waals surface area contributed by atoms with E-state index in [9.17, 15) is 14.9 Å². The van der Waals surface area contributed by atoms with Gasteiger partial charge in [0.2, 0.25) is 5.91 Å². The quantitative estimate of drug-likeness (QED) is 0.391. The number of hydrogen-bond donors (Lipinski definition) is 3. The number of carbonyl (C=O) groups excluding carboxylic acids is 1. The van der Waals surface area contributed by atoms with Gasteiger partial charge in [0.05, 0.1) is 18.1 Å². The lowest BCUT2D eigenvalue weighted by Gasteiger charge is -2.22. The summed E-state index contributed by atoms with van der Waals surface area (Å²) in [6.45, 7) is 2.42. The van der Waals surface area contributed by atoms with E-state index in [1.54, 1.807) is 18.2 Å². The molecule has 0 saturated carbocycles. The smallest absolute Gasteiger partial charge is 0.292 e. The van der Waals surface area contributed by atoms with Gasteiger partial charge in [0.15, 0.2) is 0 Å². The molecule has 0 spiro atoms. The number of nitro benzene ring substituents is 1. The zero-order valence-electron chi connectivity index (χ0n) is 11.5. The van der Waals surface area contributed by atoms with Crippen molar-refractivity contribution >= 4 is 17.3 Å². The third kappa shape index (κ3) is 4.40. The molecule has 0 radical (unpaired) electrons. The van der Waals surface area contributed by atoms with E-state index in [0.29, 0.717) is 38.5 Å². The van der Waals surface area contributed by atoms with Crippen LogP contribution in [-0.2, 0) is 9.53 Å². The van der Waals surface area contributed by atoms with E-state index < -0.39 is 4.92 Å². The zero-order chi connectivity index (χ0) is 15.1. The molecule has 1 saturated heterocycles. The minimum absolute atomic E-state index is 0.0196. The molecule has 1 atom stereocenters. The van der Waals surface area contributed by atoms with Crippen molar-refractivity contribution in [2.75, 3.05) is 38.2 Å². The van der Waals surface area contributed by atoms with Crippen molar-refractivity contribution in [3.8, 4) is 0 Å². The maximum Gasteiger partial charge on any atom is 0.292 e. The molecule has 114 valence electrons. The number of anilines is 1. The first-order valence-corrected chi connectivity index (χ1v) is 6.74. The summed E-state index contributed by atoms with van der Waals surface area (Å²) >= 11 is 0. The van der Waals surface area contributed by atoms with Crippen LogP contribution in [0, 0.1) is 10.1 Å². The summed E-state index contributed by atoms with van der Waals surface area (Å²) in [5, 5.41) is 19.6. The van der Waals surface area contributed by atoms with Gasteiger partial charge < -0.3 is 20.7 Å². The summed E-state index contributed by atoms with van der Waals surface area (Å²) in [7, 11) is 0. The minimum Gasteiger partial charge on any atom is -0.378 e. The van der Waals surface area contributed by atoms with Gasteiger partial charge in [-0.3, -0.25) is 14.9 Å². The Morgan fingerprint density at radius 3 is 2.95 bits per heavy atom. The van der Waals surface area contributed by atoms with Crippen LogP contribution in [0.15, 0.2) is 24.3 Å². The second-order valence-corrected chi connectivity index (χ2v) is 4.57. The van der Waals surface area contributed by atoms with Crippen molar-refractivity contribution in [1.82, 2.24) is 10.6 Å². The topological polar surface area (TPSA) is 106 Å². The van der Waals surface area contributed by atoms with Crippen molar-refractivity contribution in [3.63, 3.8) is 0 Å². The lowest BCUT2D eigenvalue weighted by Crippen LogP contribution is -2.51. The number of hydrogen-bond acceptors (Lipinski definition) is 6. The molecule has 0 bridgehead atoms. The van der Waals surface area contributed by atoms with Gasteiger partial charge in [0.1, 0.15) is 11.7 Å². The lowest BCUT2D eigenvalue weighted by atomic mass is 10.2. The largest absolute Gasteiger partial charge is 0.378 e. The molecule has 1 aromatic rings. The molecule has 1 aliphatic rings. The van der Waals surface area contributed by atoms with Gasteiger partial charge in [-0.15, -0.1) is 0 Å². The fourth-order valence-corrected chi connectivity index (χ4v) is 2.02. The molecular formula is C13H18N4O4. The number of benzene rings is 1. The number of morpholine rings is 1. The number of nitro groups is 1. The Morgan fingerprint density at radius 1 is 1.43 bits per heavy atom. The number of nitrogens with zero attached hydrogens (tertiary/aromatic N) is 1. The van der Waals surface area contributed by atoms with Crippen LogP contribution in [0.1, 0.15) is 0 Å². The summed E-state index contributed by atoms with van der Waals surface area (Å²) < 4.78 is 5.21. The van der Waals surface area contributed by atoms with Gasteiger partial charge >= 0.3 is 0 Å². The number of nitrogens with one attached hydrogen (secondary N) is 3. The number of ether oxygens (including phenoxy) is 1. The Bertz CT molecular complexity index is 503. The molecule has 8 heteroatoms. The number of amides is 1. The average molecular weight is 294 g/mol. The second kappa shape index (κ2) is 7.55. The first-order chi connectivity index (χ1) is 10.2. The zero-order valence-corrected chi connectivity index (χ0v) is 11.5. The van der Waals surface area contributed by atoms with E-state index in [1.165, 1.54) is 6.07 Å². The van der Waals surface area contributed by atoms with Crippen molar-refractivity contribution in [1.29, 1.82) is 0 Å². The fourth-order valence-electron chi connectivity index (χ4n) is 2.02. The Hall–Kier alpha value is -2.19.